The van der Waals surface area contributed by atoms with Crippen LogP contribution in [0.1, 0.15) is 47.6 Å². The van der Waals surface area contributed by atoms with Gasteiger partial charge >= 0.3 is 0 Å². The molecular weight excluding hydrogens is 292 g/mol. The molecule has 0 saturated heterocycles. The van der Waals surface area contributed by atoms with Crippen LogP contribution in [-0.4, -0.2) is 17.6 Å². The van der Waals surface area contributed by atoms with Crippen molar-refractivity contribution in [2.75, 3.05) is 6.54 Å². The number of ether oxygens (including phenoxy) is 1. The van der Waals surface area contributed by atoms with Gasteiger partial charge < -0.3 is 14.6 Å². The number of aromatic nitrogens is 1. The summed E-state index contributed by atoms with van der Waals surface area (Å²) in [6.45, 7) is 9.12. The smallest absolute Gasteiger partial charge is 0.251 e. The average molecular weight is 316 g/mol. The Morgan fingerprint density at radius 2 is 1.96 bits per heavy atom. The third-order valence-corrected chi connectivity index (χ3v) is 3.69. The first-order valence-electron chi connectivity index (χ1n) is 7.90. The highest BCUT2D eigenvalue weighted by molar-refractivity contribution is 5.94. The van der Waals surface area contributed by atoms with Crippen molar-refractivity contribution in [3.05, 3.63) is 46.8 Å². The summed E-state index contributed by atoms with van der Waals surface area (Å²) in [7, 11) is 0. The van der Waals surface area contributed by atoms with Gasteiger partial charge in [-0.3, -0.25) is 4.79 Å². The fourth-order valence-corrected chi connectivity index (χ4v) is 2.14. The summed E-state index contributed by atoms with van der Waals surface area (Å²) in [6.07, 6.45) is 0.977. The molecule has 23 heavy (non-hydrogen) atoms. The summed E-state index contributed by atoms with van der Waals surface area (Å²) in [5.74, 6) is 2.01. The van der Waals surface area contributed by atoms with Crippen molar-refractivity contribution in [3.8, 4) is 5.75 Å². The molecule has 0 fully saturated rings. The van der Waals surface area contributed by atoms with Crippen molar-refractivity contribution in [1.82, 2.24) is 10.5 Å². The minimum atomic E-state index is -0.0528. The summed E-state index contributed by atoms with van der Waals surface area (Å²) in [5.41, 5.74) is 2.43. The monoisotopic (exact) mass is 316 g/mol. The molecule has 1 aromatic heterocycles. The number of rotatable bonds is 7. The SMILES string of the molecule is Cc1noc(C)c1COc1ccc(C(=O)NCCC(C)C)cc1. The summed E-state index contributed by atoms with van der Waals surface area (Å²) in [6, 6.07) is 7.14. The van der Waals surface area contributed by atoms with Crippen molar-refractivity contribution in [1.29, 1.82) is 0 Å². The standard InChI is InChI=1S/C18H24N2O3/c1-12(2)9-10-19-18(21)15-5-7-16(8-6-15)22-11-17-13(3)20-23-14(17)4/h5-8,12H,9-11H2,1-4H3,(H,19,21). The van der Waals surface area contributed by atoms with Crippen LogP contribution in [0.25, 0.3) is 0 Å². The molecule has 0 bridgehead atoms. The van der Waals surface area contributed by atoms with E-state index < -0.39 is 0 Å². The van der Waals surface area contributed by atoms with E-state index in [0.29, 0.717) is 30.4 Å². The first-order valence-corrected chi connectivity index (χ1v) is 7.90. The quantitative estimate of drug-likeness (QED) is 0.847. The zero-order valence-corrected chi connectivity index (χ0v) is 14.2. The third-order valence-electron chi connectivity index (χ3n) is 3.69. The zero-order chi connectivity index (χ0) is 16.8. The Bertz CT molecular complexity index is 625. The van der Waals surface area contributed by atoms with Gasteiger partial charge in [0, 0.05) is 12.1 Å². The van der Waals surface area contributed by atoms with Crippen LogP contribution < -0.4 is 10.1 Å². The summed E-state index contributed by atoms with van der Waals surface area (Å²) in [5, 5.41) is 6.82. The first-order chi connectivity index (χ1) is 11.0. The van der Waals surface area contributed by atoms with Gasteiger partial charge in [0.2, 0.25) is 0 Å². The lowest BCUT2D eigenvalue weighted by atomic mass is 10.1. The minimum absolute atomic E-state index is 0.0528. The van der Waals surface area contributed by atoms with Crippen LogP contribution in [0.15, 0.2) is 28.8 Å². The molecule has 1 amide bonds. The molecule has 0 aliphatic heterocycles. The Balaban J connectivity index is 1.88. The maximum atomic E-state index is 12.0. The summed E-state index contributed by atoms with van der Waals surface area (Å²) >= 11 is 0. The van der Waals surface area contributed by atoms with Gasteiger partial charge in [-0.2, -0.15) is 0 Å². The molecule has 1 N–H and O–H groups in total. The molecule has 0 unspecified atom stereocenters. The second kappa shape index (κ2) is 7.81. The lowest BCUT2D eigenvalue weighted by Crippen LogP contribution is -2.25. The van der Waals surface area contributed by atoms with Gasteiger partial charge in [0.25, 0.3) is 5.91 Å². The molecule has 0 aliphatic rings. The Morgan fingerprint density at radius 3 is 2.52 bits per heavy atom. The average Bonchev–Trinajstić information content (AvgIpc) is 2.84. The molecule has 5 heteroatoms. The maximum Gasteiger partial charge on any atom is 0.251 e. The molecule has 5 nitrogen and oxygen atoms in total. The minimum Gasteiger partial charge on any atom is -0.489 e. The normalized spacial score (nSPS) is 10.8. The number of benzene rings is 1. The fraction of sp³-hybridized carbons (Fsp3) is 0.444. The third kappa shape index (κ3) is 4.84. The lowest BCUT2D eigenvalue weighted by Gasteiger charge is -2.09. The molecule has 1 aromatic carbocycles. The van der Waals surface area contributed by atoms with Gasteiger partial charge in [-0.1, -0.05) is 19.0 Å². The van der Waals surface area contributed by atoms with Crippen LogP contribution in [0.5, 0.6) is 5.75 Å². The van der Waals surface area contributed by atoms with Crippen molar-refractivity contribution in [2.45, 2.75) is 40.7 Å². The van der Waals surface area contributed by atoms with Crippen LogP contribution in [0.3, 0.4) is 0 Å². The molecule has 0 saturated carbocycles. The predicted octanol–water partition coefficient (Wildman–Crippen LogP) is 3.65. The van der Waals surface area contributed by atoms with E-state index in [9.17, 15) is 4.79 Å². The highest BCUT2D eigenvalue weighted by Crippen LogP contribution is 2.18. The van der Waals surface area contributed by atoms with Gasteiger partial charge in [-0.15, -0.1) is 0 Å². The number of carbonyl (C=O) groups excluding carboxylic acids is 1. The van der Waals surface area contributed by atoms with E-state index in [2.05, 4.69) is 24.3 Å². The van der Waals surface area contributed by atoms with Crippen molar-refractivity contribution >= 4 is 5.91 Å². The van der Waals surface area contributed by atoms with Crippen LogP contribution in [0, 0.1) is 19.8 Å². The molecule has 0 atom stereocenters. The van der Waals surface area contributed by atoms with Crippen LogP contribution in [0.4, 0.5) is 0 Å². The van der Waals surface area contributed by atoms with Crippen LogP contribution in [0.2, 0.25) is 0 Å². The van der Waals surface area contributed by atoms with Gasteiger partial charge in [0.05, 0.1) is 11.3 Å². The fourth-order valence-electron chi connectivity index (χ4n) is 2.14. The van der Waals surface area contributed by atoms with E-state index in [0.717, 1.165) is 23.4 Å². The van der Waals surface area contributed by atoms with E-state index in [1.807, 2.05) is 13.8 Å². The molecule has 0 radical (unpaired) electrons. The molecule has 124 valence electrons. The summed E-state index contributed by atoms with van der Waals surface area (Å²) < 4.78 is 10.8. The maximum absolute atomic E-state index is 12.0. The van der Waals surface area contributed by atoms with Crippen LogP contribution >= 0.6 is 0 Å². The number of hydrogen-bond donors (Lipinski definition) is 1. The topological polar surface area (TPSA) is 64.4 Å². The number of amides is 1. The van der Waals surface area contributed by atoms with E-state index in [1.54, 1.807) is 24.3 Å². The second-order valence-corrected chi connectivity index (χ2v) is 6.05. The van der Waals surface area contributed by atoms with E-state index >= 15 is 0 Å². The molecule has 0 aliphatic carbocycles. The van der Waals surface area contributed by atoms with E-state index in [4.69, 9.17) is 9.26 Å². The molecular formula is C18H24N2O3. The van der Waals surface area contributed by atoms with E-state index in [-0.39, 0.29) is 5.91 Å². The number of hydrogen-bond acceptors (Lipinski definition) is 4. The lowest BCUT2D eigenvalue weighted by molar-refractivity contribution is 0.0952. The Kier molecular flexibility index (Phi) is 5.79. The Morgan fingerprint density at radius 1 is 1.26 bits per heavy atom. The molecule has 2 aromatic rings. The second-order valence-electron chi connectivity index (χ2n) is 6.05. The number of carbonyl (C=O) groups is 1. The van der Waals surface area contributed by atoms with Gasteiger partial charge in [-0.05, 0) is 50.5 Å². The van der Waals surface area contributed by atoms with Crippen molar-refractivity contribution < 1.29 is 14.1 Å². The Hall–Kier alpha value is -2.30. The molecule has 2 rings (SSSR count). The van der Waals surface area contributed by atoms with E-state index in [1.165, 1.54) is 0 Å². The number of nitrogens with one attached hydrogen (secondary N) is 1. The highest BCUT2D eigenvalue weighted by atomic mass is 16.5. The van der Waals surface area contributed by atoms with Gasteiger partial charge in [-0.25, -0.2) is 0 Å². The number of aryl methyl sites for hydroxylation is 2. The van der Waals surface area contributed by atoms with Crippen molar-refractivity contribution in [2.24, 2.45) is 5.92 Å². The van der Waals surface area contributed by atoms with Crippen LogP contribution in [-0.2, 0) is 6.61 Å². The zero-order valence-electron chi connectivity index (χ0n) is 14.2. The van der Waals surface area contributed by atoms with Gasteiger partial charge in [0.15, 0.2) is 0 Å². The predicted molar refractivity (Wildman–Crippen MR) is 88.5 cm³/mol. The first kappa shape index (κ1) is 17.1. The number of nitrogens with zero attached hydrogens (tertiary/aromatic N) is 1. The highest BCUT2D eigenvalue weighted by Gasteiger charge is 2.10. The van der Waals surface area contributed by atoms with Gasteiger partial charge in [0.1, 0.15) is 18.1 Å². The Labute approximate surface area is 137 Å². The summed E-state index contributed by atoms with van der Waals surface area (Å²) in [4.78, 5) is 12.0. The largest absolute Gasteiger partial charge is 0.489 e. The molecule has 0 spiro atoms. The molecule has 1 heterocycles. The van der Waals surface area contributed by atoms with Crippen molar-refractivity contribution in [3.63, 3.8) is 0 Å².